The second-order valence-electron chi connectivity index (χ2n) is 4.92. The summed E-state index contributed by atoms with van der Waals surface area (Å²) in [6.45, 7) is 2.75. The van der Waals surface area contributed by atoms with Crippen molar-refractivity contribution in [3.8, 4) is 0 Å². The van der Waals surface area contributed by atoms with Crippen LogP contribution in [-0.4, -0.2) is 38.0 Å². The number of amides is 2. The molecule has 0 radical (unpaired) electrons. The van der Waals surface area contributed by atoms with Crippen LogP contribution in [0.1, 0.15) is 5.56 Å². The molecule has 1 N–H and O–H groups in total. The van der Waals surface area contributed by atoms with Crippen molar-refractivity contribution in [2.45, 2.75) is 13.0 Å². The summed E-state index contributed by atoms with van der Waals surface area (Å²) in [4.78, 5) is 27.8. The summed E-state index contributed by atoms with van der Waals surface area (Å²) in [5.41, 5.74) is 2.63. The van der Waals surface area contributed by atoms with Gasteiger partial charge in [0.1, 0.15) is 6.04 Å². The number of rotatable bonds is 0. The normalized spacial score (nSPS) is 22.4. The van der Waals surface area contributed by atoms with Crippen molar-refractivity contribution >= 4 is 39.1 Å². The molecule has 1 unspecified atom stereocenters. The van der Waals surface area contributed by atoms with Crippen LogP contribution in [0.3, 0.4) is 0 Å². The Morgan fingerprint density at radius 2 is 2.11 bits per heavy atom. The van der Waals surface area contributed by atoms with Crippen LogP contribution in [0.2, 0.25) is 0 Å². The minimum atomic E-state index is -0.438. The van der Waals surface area contributed by atoms with Gasteiger partial charge in [0.25, 0.3) is 5.91 Å². The van der Waals surface area contributed by atoms with Crippen molar-refractivity contribution in [3.63, 3.8) is 0 Å². The molecule has 19 heavy (non-hydrogen) atoms. The fourth-order valence-corrected chi connectivity index (χ4v) is 3.56. The summed E-state index contributed by atoms with van der Waals surface area (Å²) in [7, 11) is 1.75. The molecule has 3 rings (SSSR count). The lowest BCUT2D eigenvalue weighted by molar-refractivity contribution is -0.126. The van der Waals surface area contributed by atoms with Crippen molar-refractivity contribution in [1.82, 2.24) is 5.32 Å². The maximum atomic E-state index is 12.4. The van der Waals surface area contributed by atoms with Crippen LogP contribution in [0, 0.1) is 6.92 Å². The molecule has 0 aromatic heterocycles. The first kappa shape index (κ1) is 12.6. The van der Waals surface area contributed by atoms with Gasteiger partial charge in [-0.1, -0.05) is 0 Å². The number of hydrogen-bond acceptors (Lipinski definition) is 3. The second kappa shape index (κ2) is 4.31. The molecular formula is C13H14BrN3O2. The number of anilines is 2. The Morgan fingerprint density at radius 1 is 1.37 bits per heavy atom. The van der Waals surface area contributed by atoms with Crippen LogP contribution < -0.4 is 15.1 Å². The monoisotopic (exact) mass is 323 g/mol. The fourth-order valence-electron chi connectivity index (χ4n) is 2.73. The van der Waals surface area contributed by atoms with Crippen molar-refractivity contribution in [3.05, 3.63) is 22.2 Å². The van der Waals surface area contributed by atoms with Gasteiger partial charge in [-0.25, -0.2) is 0 Å². The minimum Gasteiger partial charge on any atom is -0.311 e. The van der Waals surface area contributed by atoms with E-state index in [-0.39, 0.29) is 18.4 Å². The standard InChI is InChI=1S/C13H14BrN3O2/c1-7-3-8(14)12-9(4-7)17-10(13(19)16(12)2)5-15-6-11(17)18/h3-4,10,15H,5-6H2,1-2H3. The van der Waals surface area contributed by atoms with Crippen molar-refractivity contribution < 1.29 is 9.59 Å². The van der Waals surface area contributed by atoms with Crippen molar-refractivity contribution in [2.24, 2.45) is 0 Å². The van der Waals surface area contributed by atoms with E-state index in [4.69, 9.17) is 0 Å². The van der Waals surface area contributed by atoms with Gasteiger partial charge < -0.3 is 10.2 Å². The molecule has 100 valence electrons. The van der Waals surface area contributed by atoms with Gasteiger partial charge in [-0.3, -0.25) is 14.5 Å². The van der Waals surface area contributed by atoms with Crippen LogP contribution in [-0.2, 0) is 9.59 Å². The highest BCUT2D eigenvalue weighted by atomic mass is 79.9. The topological polar surface area (TPSA) is 52.7 Å². The van der Waals surface area contributed by atoms with E-state index in [0.717, 1.165) is 21.4 Å². The van der Waals surface area contributed by atoms with Crippen LogP contribution in [0.5, 0.6) is 0 Å². The highest BCUT2D eigenvalue weighted by Gasteiger charge is 2.42. The first-order valence-electron chi connectivity index (χ1n) is 6.11. The van der Waals surface area contributed by atoms with E-state index >= 15 is 0 Å². The van der Waals surface area contributed by atoms with Gasteiger partial charge in [0.05, 0.1) is 17.9 Å². The molecule has 5 nitrogen and oxygen atoms in total. The molecule has 2 aliphatic rings. The van der Waals surface area contributed by atoms with E-state index in [1.165, 1.54) is 0 Å². The lowest BCUT2D eigenvalue weighted by atomic mass is 10.0. The third kappa shape index (κ3) is 1.78. The van der Waals surface area contributed by atoms with Gasteiger partial charge >= 0.3 is 0 Å². The van der Waals surface area contributed by atoms with Crippen LogP contribution in [0.25, 0.3) is 0 Å². The fraction of sp³-hybridized carbons (Fsp3) is 0.385. The summed E-state index contributed by atoms with van der Waals surface area (Å²) in [6, 6.07) is 3.47. The quantitative estimate of drug-likeness (QED) is 0.776. The number of carbonyl (C=O) groups is 2. The third-order valence-corrected chi connectivity index (χ3v) is 4.20. The molecule has 1 fully saturated rings. The summed E-state index contributed by atoms with van der Waals surface area (Å²) in [5.74, 6) is -0.117. The van der Waals surface area contributed by atoms with E-state index in [9.17, 15) is 9.59 Å². The maximum Gasteiger partial charge on any atom is 0.251 e. The molecule has 0 spiro atoms. The van der Waals surface area contributed by atoms with Crippen LogP contribution in [0.15, 0.2) is 16.6 Å². The predicted octanol–water partition coefficient (Wildman–Crippen LogP) is 1.04. The lowest BCUT2D eigenvalue weighted by Crippen LogP contribution is -2.63. The number of aryl methyl sites for hydroxylation is 1. The van der Waals surface area contributed by atoms with E-state index in [1.807, 2.05) is 19.1 Å². The smallest absolute Gasteiger partial charge is 0.251 e. The number of halogens is 1. The number of piperazine rings is 1. The van der Waals surface area contributed by atoms with Gasteiger partial charge in [0.15, 0.2) is 0 Å². The molecule has 6 heteroatoms. The molecule has 2 aliphatic heterocycles. The number of hydrogen-bond donors (Lipinski definition) is 1. The van der Waals surface area contributed by atoms with E-state index < -0.39 is 6.04 Å². The van der Waals surface area contributed by atoms with E-state index in [1.54, 1.807) is 16.8 Å². The Balaban J connectivity index is 2.24. The van der Waals surface area contributed by atoms with Gasteiger partial charge in [-0.05, 0) is 40.5 Å². The van der Waals surface area contributed by atoms with Gasteiger partial charge in [0.2, 0.25) is 5.91 Å². The first-order valence-corrected chi connectivity index (χ1v) is 6.90. The molecule has 1 atom stereocenters. The number of likely N-dealkylation sites (N-methyl/N-ethyl adjacent to an activating group) is 1. The van der Waals surface area contributed by atoms with Gasteiger partial charge in [0, 0.05) is 18.1 Å². The highest BCUT2D eigenvalue weighted by Crippen LogP contribution is 2.42. The summed E-state index contributed by atoms with van der Waals surface area (Å²) < 4.78 is 0.836. The second-order valence-corrected chi connectivity index (χ2v) is 5.78. The molecule has 1 saturated heterocycles. The Morgan fingerprint density at radius 3 is 2.84 bits per heavy atom. The number of nitrogens with zero attached hydrogens (tertiary/aromatic N) is 2. The Labute approximate surface area is 119 Å². The molecule has 1 aromatic carbocycles. The van der Waals surface area contributed by atoms with E-state index in [0.29, 0.717) is 6.54 Å². The zero-order chi connectivity index (χ0) is 13.7. The molecule has 0 saturated carbocycles. The summed E-state index contributed by atoms with van der Waals surface area (Å²) in [6.07, 6.45) is 0. The number of nitrogens with one attached hydrogen (secondary N) is 1. The third-order valence-electron chi connectivity index (χ3n) is 3.59. The zero-order valence-corrected chi connectivity index (χ0v) is 12.3. The number of benzene rings is 1. The Bertz CT molecular complexity index is 587. The highest BCUT2D eigenvalue weighted by molar-refractivity contribution is 9.10. The molecule has 2 heterocycles. The average molecular weight is 324 g/mol. The molecule has 1 aromatic rings. The number of carbonyl (C=O) groups excluding carboxylic acids is 2. The van der Waals surface area contributed by atoms with Crippen LogP contribution in [0.4, 0.5) is 11.4 Å². The first-order chi connectivity index (χ1) is 9.00. The maximum absolute atomic E-state index is 12.4. The largest absolute Gasteiger partial charge is 0.311 e. The SMILES string of the molecule is Cc1cc(Br)c2c(c1)N1C(=O)CNCC1C(=O)N2C. The molecular weight excluding hydrogens is 310 g/mol. The molecule has 2 amide bonds. The van der Waals surface area contributed by atoms with E-state index in [2.05, 4.69) is 21.2 Å². The molecule has 0 bridgehead atoms. The zero-order valence-electron chi connectivity index (χ0n) is 10.7. The average Bonchev–Trinajstić information content (AvgIpc) is 2.34. The van der Waals surface area contributed by atoms with Crippen LogP contribution >= 0.6 is 15.9 Å². The predicted molar refractivity (Wildman–Crippen MR) is 76.4 cm³/mol. The lowest BCUT2D eigenvalue weighted by Gasteiger charge is -2.43. The Hall–Kier alpha value is -1.40. The van der Waals surface area contributed by atoms with Gasteiger partial charge in [-0.2, -0.15) is 0 Å². The van der Waals surface area contributed by atoms with Gasteiger partial charge in [-0.15, -0.1) is 0 Å². The van der Waals surface area contributed by atoms with Crippen molar-refractivity contribution in [2.75, 3.05) is 29.9 Å². The minimum absolute atomic E-state index is 0.0578. The van der Waals surface area contributed by atoms with Crippen molar-refractivity contribution in [1.29, 1.82) is 0 Å². The Kier molecular flexibility index (Phi) is 2.87. The molecule has 0 aliphatic carbocycles. The summed E-state index contributed by atoms with van der Waals surface area (Å²) >= 11 is 3.49. The number of fused-ring (bicyclic) bond motifs is 3. The summed E-state index contributed by atoms with van der Waals surface area (Å²) in [5, 5.41) is 2.99.